The van der Waals surface area contributed by atoms with E-state index in [1.165, 1.54) is 62.9 Å². The van der Waals surface area contributed by atoms with Crippen molar-refractivity contribution in [3.8, 4) is 0 Å². The van der Waals surface area contributed by atoms with E-state index in [1.807, 2.05) is 6.20 Å². The molecule has 4 nitrogen and oxygen atoms in total. The monoisotopic (exact) mass is 343 g/mol. The van der Waals surface area contributed by atoms with Crippen molar-refractivity contribution < 1.29 is 4.79 Å². The third-order valence-corrected chi connectivity index (χ3v) is 6.82. The zero-order chi connectivity index (χ0) is 17.2. The minimum atomic E-state index is 0.413. The summed E-state index contributed by atoms with van der Waals surface area (Å²) >= 11 is 0. The van der Waals surface area contributed by atoms with Crippen LogP contribution in [0.25, 0.3) is 0 Å². The number of carbonyl (C=O) groups is 1. The van der Waals surface area contributed by atoms with Crippen LogP contribution in [0.1, 0.15) is 81.6 Å². The highest BCUT2D eigenvalue weighted by Gasteiger charge is 2.30. The second-order valence-electron chi connectivity index (χ2n) is 8.70. The minimum Gasteiger partial charge on any atom is -0.342 e. The van der Waals surface area contributed by atoms with Gasteiger partial charge in [-0.25, -0.2) is 4.98 Å². The van der Waals surface area contributed by atoms with E-state index in [0.29, 0.717) is 23.7 Å². The summed E-state index contributed by atoms with van der Waals surface area (Å²) in [6, 6.07) is 0. The Morgan fingerprint density at radius 2 is 1.88 bits per heavy atom. The number of likely N-dealkylation sites (tertiary alicyclic amines) is 1. The molecule has 1 aliphatic heterocycles. The number of hydrogen-bond donors (Lipinski definition) is 0. The average Bonchev–Trinajstić information content (AvgIpc) is 3.17. The smallest absolute Gasteiger partial charge is 0.222 e. The Balaban J connectivity index is 1.32. The van der Waals surface area contributed by atoms with Crippen LogP contribution in [0.15, 0.2) is 6.20 Å². The van der Waals surface area contributed by atoms with Gasteiger partial charge >= 0.3 is 0 Å². The molecular weight excluding hydrogens is 310 g/mol. The predicted molar refractivity (Wildman–Crippen MR) is 99.4 cm³/mol. The lowest BCUT2D eigenvalue weighted by molar-refractivity contribution is -0.131. The number of rotatable bonds is 5. The van der Waals surface area contributed by atoms with Crippen molar-refractivity contribution in [3.05, 3.63) is 17.7 Å². The Hall–Kier alpha value is -1.32. The molecule has 3 aliphatic rings. The third kappa shape index (κ3) is 3.78. The Kier molecular flexibility index (Phi) is 5.14. The van der Waals surface area contributed by atoms with Crippen LogP contribution in [0.2, 0.25) is 0 Å². The number of amides is 1. The van der Waals surface area contributed by atoms with Crippen molar-refractivity contribution >= 4 is 5.91 Å². The Morgan fingerprint density at radius 1 is 1.08 bits per heavy atom. The molecule has 2 saturated carbocycles. The first-order valence-corrected chi connectivity index (χ1v) is 10.5. The lowest BCUT2D eigenvalue weighted by Crippen LogP contribution is -2.31. The first kappa shape index (κ1) is 17.1. The molecule has 0 radical (unpaired) electrons. The highest BCUT2D eigenvalue weighted by molar-refractivity contribution is 5.76. The molecule has 2 aliphatic carbocycles. The molecule has 138 valence electrons. The fourth-order valence-electron chi connectivity index (χ4n) is 4.94. The molecule has 1 saturated heterocycles. The molecule has 0 spiro atoms. The highest BCUT2D eigenvalue weighted by Crippen LogP contribution is 2.36. The molecule has 0 N–H and O–H groups in total. The van der Waals surface area contributed by atoms with E-state index >= 15 is 0 Å². The van der Waals surface area contributed by atoms with Gasteiger partial charge in [-0.1, -0.05) is 25.7 Å². The molecular formula is C21H33N3O. The van der Waals surface area contributed by atoms with E-state index in [9.17, 15) is 4.79 Å². The topological polar surface area (TPSA) is 38.1 Å². The summed E-state index contributed by atoms with van der Waals surface area (Å²) in [6.07, 6.45) is 14.5. The first-order chi connectivity index (χ1) is 12.2. The van der Waals surface area contributed by atoms with Gasteiger partial charge in [0.2, 0.25) is 5.91 Å². The molecule has 2 heterocycles. The summed E-state index contributed by atoms with van der Waals surface area (Å²) in [7, 11) is 0. The molecule has 1 aromatic heterocycles. The van der Waals surface area contributed by atoms with Crippen molar-refractivity contribution in [1.82, 2.24) is 14.5 Å². The largest absolute Gasteiger partial charge is 0.342 e. The van der Waals surface area contributed by atoms with E-state index in [1.54, 1.807) is 0 Å². The standard InChI is InChI=1S/C21H33N3O/c1-16-13-22-21(19-8-5-9-19)24(16)15-18-10-11-23(14-18)20(25)12-17-6-3-2-4-7-17/h13,17-19H,2-12,14-15H2,1H3. The van der Waals surface area contributed by atoms with E-state index in [0.717, 1.165) is 32.5 Å². The van der Waals surface area contributed by atoms with E-state index in [2.05, 4.69) is 16.4 Å². The molecule has 1 unspecified atom stereocenters. The molecule has 1 amide bonds. The molecule has 0 bridgehead atoms. The fourth-order valence-corrected chi connectivity index (χ4v) is 4.94. The SMILES string of the molecule is Cc1cnc(C2CCC2)n1CC1CCN(C(=O)CC2CCCCC2)C1. The summed E-state index contributed by atoms with van der Waals surface area (Å²) in [5.41, 5.74) is 1.29. The maximum atomic E-state index is 12.7. The highest BCUT2D eigenvalue weighted by atomic mass is 16.2. The van der Waals surface area contributed by atoms with Crippen LogP contribution in [-0.4, -0.2) is 33.4 Å². The maximum absolute atomic E-state index is 12.7. The van der Waals surface area contributed by atoms with E-state index in [-0.39, 0.29) is 0 Å². The number of imidazole rings is 1. The molecule has 4 heteroatoms. The second kappa shape index (κ2) is 7.51. The van der Waals surface area contributed by atoms with Gasteiger partial charge in [0.05, 0.1) is 0 Å². The third-order valence-electron chi connectivity index (χ3n) is 6.82. The first-order valence-electron chi connectivity index (χ1n) is 10.5. The number of aromatic nitrogens is 2. The van der Waals surface area contributed by atoms with Gasteiger partial charge in [-0.05, 0) is 50.9 Å². The minimum absolute atomic E-state index is 0.413. The van der Waals surface area contributed by atoms with Gasteiger partial charge in [0, 0.05) is 43.9 Å². The van der Waals surface area contributed by atoms with Crippen LogP contribution >= 0.6 is 0 Å². The van der Waals surface area contributed by atoms with Crippen LogP contribution in [0.4, 0.5) is 0 Å². The Morgan fingerprint density at radius 3 is 2.60 bits per heavy atom. The average molecular weight is 344 g/mol. The van der Waals surface area contributed by atoms with Crippen LogP contribution in [0.5, 0.6) is 0 Å². The van der Waals surface area contributed by atoms with Gasteiger partial charge < -0.3 is 9.47 Å². The summed E-state index contributed by atoms with van der Waals surface area (Å²) < 4.78 is 2.45. The lowest BCUT2D eigenvalue weighted by atomic mass is 9.84. The Bertz CT molecular complexity index is 598. The zero-order valence-corrected chi connectivity index (χ0v) is 15.8. The Labute approximate surface area is 152 Å². The van der Waals surface area contributed by atoms with E-state index in [4.69, 9.17) is 4.98 Å². The van der Waals surface area contributed by atoms with Crippen LogP contribution in [0, 0.1) is 18.8 Å². The quantitative estimate of drug-likeness (QED) is 0.800. The molecule has 4 rings (SSSR count). The van der Waals surface area contributed by atoms with Gasteiger partial charge in [0.25, 0.3) is 0 Å². The van der Waals surface area contributed by atoms with Crippen molar-refractivity contribution in [2.24, 2.45) is 11.8 Å². The number of nitrogens with zero attached hydrogens (tertiary/aromatic N) is 3. The van der Waals surface area contributed by atoms with Crippen molar-refractivity contribution in [2.75, 3.05) is 13.1 Å². The fraction of sp³-hybridized carbons (Fsp3) is 0.810. The second-order valence-corrected chi connectivity index (χ2v) is 8.70. The van der Waals surface area contributed by atoms with E-state index < -0.39 is 0 Å². The van der Waals surface area contributed by atoms with Crippen LogP contribution in [-0.2, 0) is 11.3 Å². The summed E-state index contributed by atoms with van der Waals surface area (Å²) in [4.78, 5) is 19.5. The predicted octanol–water partition coefficient (Wildman–Crippen LogP) is 4.28. The number of hydrogen-bond acceptors (Lipinski definition) is 2. The summed E-state index contributed by atoms with van der Waals surface area (Å²) in [6.45, 7) is 5.14. The number of aryl methyl sites for hydroxylation is 1. The van der Waals surface area contributed by atoms with Crippen molar-refractivity contribution in [3.63, 3.8) is 0 Å². The lowest BCUT2D eigenvalue weighted by Gasteiger charge is -2.27. The van der Waals surface area contributed by atoms with Gasteiger partial charge in [0.1, 0.15) is 5.82 Å². The molecule has 25 heavy (non-hydrogen) atoms. The van der Waals surface area contributed by atoms with Crippen molar-refractivity contribution in [2.45, 2.75) is 83.6 Å². The molecule has 1 atom stereocenters. The van der Waals surface area contributed by atoms with Crippen LogP contribution in [0.3, 0.4) is 0 Å². The van der Waals surface area contributed by atoms with Gasteiger partial charge in [-0.15, -0.1) is 0 Å². The summed E-state index contributed by atoms with van der Waals surface area (Å²) in [5, 5.41) is 0. The molecule has 0 aromatic carbocycles. The normalized spacial score (nSPS) is 25.3. The summed E-state index contributed by atoms with van der Waals surface area (Å²) in [5.74, 6) is 3.65. The van der Waals surface area contributed by atoms with Crippen LogP contribution < -0.4 is 0 Å². The van der Waals surface area contributed by atoms with Gasteiger partial charge in [0.15, 0.2) is 0 Å². The zero-order valence-electron chi connectivity index (χ0n) is 15.8. The molecule has 3 fully saturated rings. The maximum Gasteiger partial charge on any atom is 0.222 e. The van der Waals surface area contributed by atoms with Gasteiger partial charge in [-0.3, -0.25) is 4.79 Å². The van der Waals surface area contributed by atoms with Gasteiger partial charge in [-0.2, -0.15) is 0 Å². The molecule has 1 aromatic rings. The number of carbonyl (C=O) groups excluding carboxylic acids is 1. The van der Waals surface area contributed by atoms with Crippen molar-refractivity contribution in [1.29, 1.82) is 0 Å².